The first-order valence-corrected chi connectivity index (χ1v) is 6.78. The molecule has 0 bridgehead atoms. The van der Waals surface area contributed by atoms with E-state index in [0.717, 1.165) is 30.8 Å². The summed E-state index contributed by atoms with van der Waals surface area (Å²) >= 11 is 6.03. The minimum absolute atomic E-state index is 0.610. The van der Waals surface area contributed by atoms with Gasteiger partial charge in [0.05, 0.1) is 6.07 Å². The zero-order chi connectivity index (χ0) is 13.0. The molecule has 0 amide bonds. The van der Waals surface area contributed by atoms with E-state index in [9.17, 15) is 0 Å². The van der Waals surface area contributed by atoms with Crippen molar-refractivity contribution < 1.29 is 0 Å². The van der Waals surface area contributed by atoms with E-state index in [1.165, 1.54) is 16.6 Å². The van der Waals surface area contributed by atoms with Crippen LogP contribution in [-0.4, -0.2) is 4.57 Å². The molecule has 94 valence electrons. The third kappa shape index (κ3) is 2.68. The summed E-state index contributed by atoms with van der Waals surface area (Å²) in [5.41, 5.74) is 2.56. The highest BCUT2D eigenvalue weighted by Crippen LogP contribution is 2.24. The molecule has 0 aliphatic rings. The van der Waals surface area contributed by atoms with Crippen molar-refractivity contribution in [1.29, 1.82) is 5.26 Å². The number of nitriles is 1. The lowest BCUT2D eigenvalue weighted by atomic mass is 10.2. The Hall–Kier alpha value is -1.46. The van der Waals surface area contributed by atoms with Crippen LogP contribution in [0, 0.1) is 11.3 Å². The molecule has 3 heteroatoms. The molecule has 0 saturated carbocycles. The van der Waals surface area contributed by atoms with E-state index in [0.29, 0.717) is 6.42 Å². The minimum atomic E-state index is 0.610. The van der Waals surface area contributed by atoms with Crippen LogP contribution in [-0.2, 0) is 13.0 Å². The number of fused-ring (bicyclic) bond motifs is 1. The van der Waals surface area contributed by atoms with Crippen LogP contribution in [0.15, 0.2) is 24.3 Å². The van der Waals surface area contributed by atoms with Gasteiger partial charge in [0.25, 0.3) is 0 Å². The molecule has 1 aromatic carbocycles. The largest absolute Gasteiger partial charge is 0.345 e. The van der Waals surface area contributed by atoms with Gasteiger partial charge in [-0.05, 0) is 37.1 Å². The quantitative estimate of drug-likeness (QED) is 0.725. The zero-order valence-electron chi connectivity index (χ0n) is 10.6. The summed E-state index contributed by atoms with van der Waals surface area (Å²) in [4.78, 5) is 0. The summed E-state index contributed by atoms with van der Waals surface area (Å²) in [6.45, 7) is 3.10. The maximum absolute atomic E-state index is 8.64. The van der Waals surface area contributed by atoms with Crippen molar-refractivity contribution in [1.82, 2.24) is 4.57 Å². The van der Waals surface area contributed by atoms with Crippen molar-refractivity contribution in [2.24, 2.45) is 0 Å². The summed E-state index contributed by atoms with van der Waals surface area (Å²) < 4.78 is 2.33. The van der Waals surface area contributed by atoms with Crippen molar-refractivity contribution in [2.45, 2.75) is 39.2 Å². The first-order chi connectivity index (χ1) is 8.76. The Labute approximate surface area is 113 Å². The number of aryl methyl sites for hydroxylation is 2. The summed E-state index contributed by atoms with van der Waals surface area (Å²) in [6, 6.07) is 10.4. The standard InChI is InChI=1S/C15H17ClN2/c1-2-5-14-11-12-10-13(16)6-7-15(12)18(14)9-4-3-8-17/h6-7,10-11H,2-5,9H2,1H3. The van der Waals surface area contributed by atoms with E-state index in [-0.39, 0.29) is 0 Å². The van der Waals surface area contributed by atoms with Crippen molar-refractivity contribution in [2.75, 3.05) is 0 Å². The summed E-state index contributed by atoms with van der Waals surface area (Å²) in [5, 5.41) is 10.6. The van der Waals surface area contributed by atoms with E-state index in [2.05, 4.69) is 29.7 Å². The van der Waals surface area contributed by atoms with Gasteiger partial charge in [0.15, 0.2) is 0 Å². The summed E-state index contributed by atoms with van der Waals surface area (Å²) in [6.07, 6.45) is 3.71. The fraction of sp³-hybridized carbons (Fsp3) is 0.400. The van der Waals surface area contributed by atoms with Crippen LogP contribution in [0.3, 0.4) is 0 Å². The Bertz CT molecular complexity index is 578. The molecular weight excluding hydrogens is 244 g/mol. The van der Waals surface area contributed by atoms with Gasteiger partial charge < -0.3 is 4.57 Å². The number of rotatable bonds is 5. The van der Waals surface area contributed by atoms with Gasteiger partial charge in [0.1, 0.15) is 0 Å². The Morgan fingerprint density at radius 2 is 2.17 bits per heavy atom. The minimum Gasteiger partial charge on any atom is -0.345 e. The van der Waals surface area contributed by atoms with Gasteiger partial charge in [0.2, 0.25) is 0 Å². The average Bonchev–Trinajstić information content (AvgIpc) is 2.67. The highest BCUT2D eigenvalue weighted by atomic mass is 35.5. The SMILES string of the molecule is CCCc1cc2cc(Cl)ccc2n1CCCC#N. The molecule has 2 rings (SSSR count). The van der Waals surface area contributed by atoms with E-state index < -0.39 is 0 Å². The molecule has 0 atom stereocenters. The lowest BCUT2D eigenvalue weighted by Crippen LogP contribution is -2.02. The van der Waals surface area contributed by atoms with Gasteiger partial charge >= 0.3 is 0 Å². The van der Waals surface area contributed by atoms with Gasteiger partial charge in [-0.2, -0.15) is 5.26 Å². The molecule has 18 heavy (non-hydrogen) atoms. The molecule has 0 aliphatic heterocycles. The van der Waals surface area contributed by atoms with Crippen molar-refractivity contribution in [3.05, 3.63) is 35.0 Å². The molecule has 0 saturated heterocycles. The Kier molecular flexibility index (Phi) is 4.28. The normalized spacial score (nSPS) is 10.7. The van der Waals surface area contributed by atoms with Gasteiger partial charge in [-0.3, -0.25) is 0 Å². The molecule has 0 spiro atoms. The number of hydrogen-bond donors (Lipinski definition) is 0. The highest BCUT2D eigenvalue weighted by molar-refractivity contribution is 6.31. The number of unbranched alkanes of at least 4 members (excludes halogenated alkanes) is 1. The van der Waals surface area contributed by atoms with E-state index in [4.69, 9.17) is 16.9 Å². The number of nitrogens with zero attached hydrogens (tertiary/aromatic N) is 2. The maximum atomic E-state index is 8.64. The fourth-order valence-electron chi connectivity index (χ4n) is 2.34. The second-order valence-corrected chi connectivity index (χ2v) is 4.94. The molecule has 1 aromatic heterocycles. The van der Waals surface area contributed by atoms with Gasteiger partial charge in [-0.15, -0.1) is 0 Å². The third-order valence-corrected chi connectivity index (χ3v) is 3.36. The number of halogens is 1. The number of aromatic nitrogens is 1. The number of hydrogen-bond acceptors (Lipinski definition) is 1. The number of benzene rings is 1. The molecule has 0 fully saturated rings. The first-order valence-electron chi connectivity index (χ1n) is 6.41. The van der Waals surface area contributed by atoms with E-state index in [1.54, 1.807) is 0 Å². The van der Waals surface area contributed by atoms with Crippen LogP contribution in [0.5, 0.6) is 0 Å². The van der Waals surface area contributed by atoms with Crippen LogP contribution >= 0.6 is 11.6 Å². The highest BCUT2D eigenvalue weighted by Gasteiger charge is 2.08. The Balaban J connectivity index is 2.39. The van der Waals surface area contributed by atoms with Crippen molar-refractivity contribution in [3.63, 3.8) is 0 Å². The predicted octanol–water partition coefficient (Wildman–Crippen LogP) is 4.55. The average molecular weight is 261 g/mol. The first kappa shape index (κ1) is 13.0. The van der Waals surface area contributed by atoms with Crippen molar-refractivity contribution in [3.8, 4) is 6.07 Å². The van der Waals surface area contributed by atoms with Crippen LogP contribution in [0.1, 0.15) is 31.9 Å². The topological polar surface area (TPSA) is 28.7 Å². The Morgan fingerprint density at radius 3 is 2.89 bits per heavy atom. The lowest BCUT2D eigenvalue weighted by molar-refractivity contribution is 0.639. The molecule has 2 nitrogen and oxygen atoms in total. The van der Waals surface area contributed by atoms with Crippen LogP contribution in [0.25, 0.3) is 10.9 Å². The van der Waals surface area contributed by atoms with Crippen LogP contribution in [0.2, 0.25) is 5.02 Å². The predicted molar refractivity (Wildman–Crippen MR) is 75.8 cm³/mol. The summed E-state index contributed by atoms with van der Waals surface area (Å²) in [5.74, 6) is 0. The lowest BCUT2D eigenvalue weighted by Gasteiger charge is -2.09. The van der Waals surface area contributed by atoms with E-state index in [1.807, 2.05) is 12.1 Å². The third-order valence-electron chi connectivity index (χ3n) is 3.13. The monoisotopic (exact) mass is 260 g/mol. The molecule has 0 radical (unpaired) electrons. The second kappa shape index (κ2) is 5.93. The molecular formula is C15H17ClN2. The maximum Gasteiger partial charge on any atom is 0.0622 e. The smallest absolute Gasteiger partial charge is 0.0622 e. The summed E-state index contributed by atoms with van der Waals surface area (Å²) in [7, 11) is 0. The molecule has 0 N–H and O–H groups in total. The molecule has 0 unspecified atom stereocenters. The fourth-order valence-corrected chi connectivity index (χ4v) is 2.52. The molecule has 1 heterocycles. The van der Waals surface area contributed by atoms with Gasteiger partial charge in [-0.1, -0.05) is 24.9 Å². The molecule has 2 aromatic rings. The van der Waals surface area contributed by atoms with Crippen LogP contribution in [0.4, 0.5) is 0 Å². The zero-order valence-corrected chi connectivity index (χ0v) is 11.4. The second-order valence-electron chi connectivity index (χ2n) is 4.50. The van der Waals surface area contributed by atoms with E-state index >= 15 is 0 Å². The molecule has 0 aliphatic carbocycles. The van der Waals surface area contributed by atoms with Crippen molar-refractivity contribution >= 4 is 22.5 Å². The van der Waals surface area contributed by atoms with Crippen LogP contribution < -0.4 is 0 Å². The van der Waals surface area contributed by atoms with Gasteiger partial charge in [0, 0.05) is 34.6 Å². The Morgan fingerprint density at radius 1 is 1.33 bits per heavy atom. The van der Waals surface area contributed by atoms with Gasteiger partial charge in [-0.25, -0.2) is 0 Å².